The summed E-state index contributed by atoms with van der Waals surface area (Å²) in [7, 11) is -3.12. The monoisotopic (exact) mass is 432 g/mol. The van der Waals surface area contributed by atoms with Crippen LogP contribution in [-0.2, 0) is 16.4 Å². The van der Waals surface area contributed by atoms with Crippen molar-refractivity contribution < 1.29 is 17.6 Å². The number of benzene rings is 1. The van der Waals surface area contributed by atoms with Crippen LogP contribution >= 0.6 is 0 Å². The van der Waals surface area contributed by atoms with Crippen molar-refractivity contribution in [2.45, 2.75) is 32.1 Å². The van der Waals surface area contributed by atoms with Gasteiger partial charge in [0.25, 0.3) is 5.91 Å². The molecule has 0 saturated carbocycles. The molecule has 1 fully saturated rings. The molecule has 1 aromatic carbocycles. The molecule has 0 spiro atoms. The third kappa shape index (κ3) is 5.02. The minimum atomic E-state index is -3.12. The van der Waals surface area contributed by atoms with Crippen molar-refractivity contribution in [3.8, 4) is 0 Å². The Morgan fingerprint density at radius 2 is 2.07 bits per heavy atom. The Kier molecular flexibility index (Phi) is 6.50. The van der Waals surface area contributed by atoms with Crippen LogP contribution in [0.2, 0.25) is 0 Å². The number of hydrogen-bond donors (Lipinski definition) is 2. The molecule has 9 heteroatoms. The maximum absolute atomic E-state index is 12.3. The zero-order valence-electron chi connectivity index (χ0n) is 17.5. The molecule has 0 unspecified atom stereocenters. The largest absolute Gasteiger partial charge is 0.459 e. The fraction of sp³-hybridized carbons (Fsp3) is 0.429. The topological polar surface area (TPSA) is 104 Å². The minimum absolute atomic E-state index is 0.110. The average molecular weight is 433 g/mol. The lowest BCUT2D eigenvalue weighted by molar-refractivity contribution is 0.0996. The van der Waals surface area contributed by atoms with E-state index in [1.54, 1.807) is 32.0 Å². The van der Waals surface area contributed by atoms with Crippen LogP contribution in [0.4, 0.5) is 5.69 Å². The summed E-state index contributed by atoms with van der Waals surface area (Å²) >= 11 is 0. The molecule has 3 rings (SSSR count). The number of nitrogens with zero attached hydrogens (tertiary/aromatic N) is 2. The third-order valence-electron chi connectivity index (χ3n) is 5.02. The Hall–Kier alpha value is -2.81. The summed E-state index contributed by atoms with van der Waals surface area (Å²) in [6.07, 6.45) is 1.45. The summed E-state index contributed by atoms with van der Waals surface area (Å²) in [5, 5.41) is 6.06. The van der Waals surface area contributed by atoms with E-state index in [0.717, 1.165) is 5.56 Å². The molecule has 0 aliphatic carbocycles. The molecule has 2 heterocycles. The fourth-order valence-electron chi connectivity index (χ4n) is 3.26. The van der Waals surface area contributed by atoms with Crippen LogP contribution in [0.1, 0.15) is 36.9 Å². The van der Waals surface area contributed by atoms with Crippen LogP contribution in [-0.4, -0.2) is 55.3 Å². The van der Waals surface area contributed by atoms with Gasteiger partial charge in [-0.05, 0) is 50.6 Å². The Labute approximate surface area is 177 Å². The number of sulfone groups is 1. The molecular formula is C21H28N4O4S. The molecule has 0 bridgehead atoms. The summed E-state index contributed by atoms with van der Waals surface area (Å²) in [4.78, 5) is 18.8. The number of carbonyl (C=O) groups excluding carboxylic acids is 1. The van der Waals surface area contributed by atoms with E-state index in [1.165, 1.54) is 6.26 Å². The molecule has 0 atom stereocenters. The maximum Gasteiger partial charge on any atom is 0.291 e. The zero-order chi connectivity index (χ0) is 21.8. The lowest BCUT2D eigenvalue weighted by Crippen LogP contribution is -2.57. The van der Waals surface area contributed by atoms with Crippen molar-refractivity contribution in [2.75, 3.05) is 30.7 Å². The van der Waals surface area contributed by atoms with Gasteiger partial charge in [0.15, 0.2) is 21.6 Å². The molecule has 162 valence electrons. The van der Waals surface area contributed by atoms with E-state index in [4.69, 9.17) is 9.41 Å². The highest BCUT2D eigenvalue weighted by Crippen LogP contribution is 2.24. The van der Waals surface area contributed by atoms with Crippen molar-refractivity contribution in [1.29, 1.82) is 0 Å². The zero-order valence-corrected chi connectivity index (χ0v) is 18.3. The van der Waals surface area contributed by atoms with E-state index in [-0.39, 0.29) is 17.4 Å². The first-order valence-corrected chi connectivity index (χ1v) is 11.6. The van der Waals surface area contributed by atoms with Gasteiger partial charge in [-0.15, -0.1) is 0 Å². The SMILES string of the molecule is CCNC(=NCc1cccc(NC(=O)c2ccco2)c1)N1CCS(=O)(=O)C(C)(C)C1. The molecule has 2 N–H and O–H groups in total. The summed E-state index contributed by atoms with van der Waals surface area (Å²) in [6.45, 7) is 7.37. The second kappa shape index (κ2) is 8.91. The molecular weight excluding hydrogens is 404 g/mol. The number of rotatable bonds is 5. The van der Waals surface area contributed by atoms with Gasteiger partial charge in [0.2, 0.25) is 0 Å². The minimum Gasteiger partial charge on any atom is -0.459 e. The molecule has 2 aromatic rings. The first-order valence-electron chi connectivity index (χ1n) is 9.91. The normalized spacial score (nSPS) is 18.1. The van der Waals surface area contributed by atoms with E-state index < -0.39 is 14.6 Å². The molecule has 1 aliphatic rings. The molecule has 1 aliphatic heterocycles. The van der Waals surface area contributed by atoms with Crippen LogP contribution < -0.4 is 10.6 Å². The van der Waals surface area contributed by atoms with Gasteiger partial charge >= 0.3 is 0 Å². The van der Waals surface area contributed by atoms with Crippen molar-refractivity contribution in [2.24, 2.45) is 4.99 Å². The van der Waals surface area contributed by atoms with Gasteiger partial charge in [0.05, 0.1) is 23.3 Å². The molecule has 1 aromatic heterocycles. The van der Waals surface area contributed by atoms with Crippen LogP contribution in [0.25, 0.3) is 0 Å². The Morgan fingerprint density at radius 3 is 2.73 bits per heavy atom. The van der Waals surface area contributed by atoms with Gasteiger partial charge in [0.1, 0.15) is 0 Å². The molecule has 0 radical (unpaired) electrons. The van der Waals surface area contributed by atoms with Gasteiger partial charge in [-0.1, -0.05) is 12.1 Å². The van der Waals surface area contributed by atoms with Crippen molar-refractivity contribution >= 4 is 27.4 Å². The number of furan rings is 1. The Morgan fingerprint density at radius 1 is 1.27 bits per heavy atom. The standard InChI is InChI=1S/C21H28N4O4S/c1-4-22-20(25-10-12-30(27,28)21(2,3)15-25)23-14-16-7-5-8-17(13-16)24-19(26)18-9-6-11-29-18/h5-9,11,13H,4,10,12,14-15H2,1-3H3,(H,22,23)(H,24,26). The molecule has 30 heavy (non-hydrogen) atoms. The van der Waals surface area contributed by atoms with Gasteiger partial charge in [-0.2, -0.15) is 0 Å². The van der Waals surface area contributed by atoms with Crippen LogP contribution in [0.15, 0.2) is 52.1 Å². The van der Waals surface area contributed by atoms with Crippen molar-refractivity contribution in [3.63, 3.8) is 0 Å². The highest BCUT2D eigenvalue weighted by Gasteiger charge is 2.40. The number of anilines is 1. The van der Waals surface area contributed by atoms with Crippen molar-refractivity contribution in [3.05, 3.63) is 54.0 Å². The van der Waals surface area contributed by atoms with Gasteiger partial charge < -0.3 is 20.0 Å². The summed E-state index contributed by atoms with van der Waals surface area (Å²) in [6, 6.07) is 10.7. The smallest absolute Gasteiger partial charge is 0.291 e. The van der Waals surface area contributed by atoms with E-state index in [9.17, 15) is 13.2 Å². The van der Waals surface area contributed by atoms with E-state index >= 15 is 0 Å². The van der Waals surface area contributed by atoms with Crippen LogP contribution in [0, 0.1) is 0 Å². The molecule has 1 saturated heterocycles. The number of aliphatic imine (C=N–C) groups is 1. The lowest BCUT2D eigenvalue weighted by Gasteiger charge is -2.39. The highest BCUT2D eigenvalue weighted by molar-refractivity contribution is 7.92. The maximum atomic E-state index is 12.3. The number of amides is 1. The second-order valence-electron chi connectivity index (χ2n) is 7.80. The average Bonchev–Trinajstić information content (AvgIpc) is 3.23. The van der Waals surface area contributed by atoms with Gasteiger partial charge in [0, 0.05) is 25.3 Å². The number of nitrogens with one attached hydrogen (secondary N) is 2. The number of hydrogen-bond acceptors (Lipinski definition) is 5. The first-order chi connectivity index (χ1) is 14.2. The summed E-state index contributed by atoms with van der Waals surface area (Å²) in [5.74, 6) is 0.727. The van der Waals surface area contributed by atoms with Gasteiger partial charge in [-0.3, -0.25) is 4.79 Å². The molecule has 8 nitrogen and oxygen atoms in total. The molecule has 1 amide bonds. The highest BCUT2D eigenvalue weighted by atomic mass is 32.2. The van der Waals surface area contributed by atoms with Crippen LogP contribution in [0.5, 0.6) is 0 Å². The summed E-state index contributed by atoms with van der Waals surface area (Å²) < 4.78 is 28.9. The quantitative estimate of drug-likeness (QED) is 0.556. The van der Waals surface area contributed by atoms with Gasteiger partial charge in [-0.25, -0.2) is 13.4 Å². The van der Waals surface area contributed by atoms with E-state index in [0.29, 0.717) is 37.8 Å². The number of carbonyl (C=O) groups is 1. The van der Waals surface area contributed by atoms with Crippen LogP contribution in [0.3, 0.4) is 0 Å². The predicted molar refractivity (Wildman–Crippen MR) is 117 cm³/mol. The third-order valence-corrected chi connectivity index (χ3v) is 7.55. The summed E-state index contributed by atoms with van der Waals surface area (Å²) in [5.41, 5.74) is 1.57. The number of guanidine groups is 1. The lowest BCUT2D eigenvalue weighted by atomic mass is 10.2. The first kappa shape index (κ1) is 21.9. The second-order valence-corrected chi connectivity index (χ2v) is 10.5. The van der Waals surface area contributed by atoms with E-state index in [1.807, 2.05) is 30.0 Å². The predicted octanol–water partition coefficient (Wildman–Crippen LogP) is 2.51. The van der Waals surface area contributed by atoms with Crippen molar-refractivity contribution in [1.82, 2.24) is 10.2 Å². The Balaban J connectivity index is 1.71. The fourth-order valence-corrected chi connectivity index (χ4v) is 4.63. The van der Waals surface area contributed by atoms with E-state index in [2.05, 4.69) is 10.6 Å². The Bertz CT molecular complexity index is 1010.